The summed E-state index contributed by atoms with van der Waals surface area (Å²) >= 11 is 0. The number of aliphatic hydroxyl groups excluding tert-OH is 1. The maximum atomic E-state index is 12.3. The molecule has 0 spiro atoms. The molecule has 2 saturated heterocycles. The summed E-state index contributed by atoms with van der Waals surface area (Å²) in [5.41, 5.74) is 0.680. The number of esters is 1. The van der Waals surface area contributed by atoms with Crippen molar-refractivity contribution >= 4 is 11.9 Å². The molecule has 204 valence electrons. The fourth-order valence-electron chi connectivity index (χ4n) is 4.18. The lowest BCUT2D eigenvalue weighted by Gasteiger charge is -2.39. The Hall–Kier alpha value is -2.00. The van der Waals surface area contributed by atoms with Gasteiger partial charge in [0.25, 0.3) is 0 Å². The Bertz CT molecular complexity index is 824. The average molecular weight is 508 g/mol. The van der Waals surface area contributed by atoms with Crippen LogP contribution in [0.4, 0.5) is 0 Å². The third kappa shape index (κ3) is 10.9. The number of nitrogens with one attached hydrogen (secondary N) is 1. The maximum absolute atomic E-state index is 12.3. The molecule has 0 saturated carbocycles. The Morgan fingerprint density at radius 2 is 1.83 bits per heavy atom. The number of amides is 1. The van der Waals surface area contributed by atoms with Gasteiger partial charge in [0.1, 0.15) is 24.4 Å². The van der Waals surface area contributed by atoms with Crippen molar-refractivity contribution < 1.29 is 33.6 Å². The van der Waals surface area contributed by atoms with Gasteiger partial charge >= 0.3 is 5.97 Å². The van der Waals surface area contributed by atoms with E-state index in [2.05, 4.69) is 18.3 Å². The smallest absolute Gasteiger partial charge is 0.303 e. The fraction of sp³-hybridized carbons (Fsp3) is 0.714. The first-order valence-electron chi connectivity index (χ1n) is 12.9. The number of hydrogen-bond donors (Lipinski definition) is 2. The summed E-state index contributed by atoms with van der Waals surface area (Å²) in [6.45, 7) is 15.6. The molecule has 0 aromatic rings. The summed E-state index contributed by atoms with van der Waals surface area (Å²) in [4.78, 5) is 23.3. The van der Waals surface area contributed by atoms with E-state index >= 15 is 0 Å². The van der Waals surface area contributed by atoms with E-state index in [1.807, 2.05) is 46.8 Å². The average Bonchev–Trinajstić information content (AvgIpc) is 3.60. The molecule has 0 bridgehead atoms. The van der Waals surface area contributed by atoms with Crippen molar-refractivity contribution in [3.63, 3.8) is 0 Å². The van der Waals surface area contributed by atoms with E-state index in [0.29, 0.717) is 6.61 Å². The van der Waals surface area contributed by atoms with Gasteiger partial charge in [0.05, 0.1) is 30.5 Å². The second kappa shape index (κ2) is 13.5. The van der Waals surface area contributed by atoms with E-state index in [1.54, 1.807) is 13.0 Å². The molecule has 2 rings (SSSR count). The van der Waals surface area contributed by atoms with Crippen molar-refractivity contribution in [1.29, 1.82) is 0 Å². The highest BCUT2D eigenvalue weighted by Crippen LogP contribution is 2.28. The number of carbonyl (C=O) groups excluding carboxylic acids is 2. The van der Waals surface area contributed by atoms with Crippen LogP contribution >= 0.6 is 0 Å². The normalized spacial score (nSPS) is 29.7. The molecule has 36 heavy (non-hydrogen) atoms. The van der Waals surface area contributed by atoms with Crippen LogP contribution in [-0.4, -0.2) is 71.9 Å². The van der Waals surface area contributed by atoms with Crippen LogP contribution < -0.4 is 5.32 Å². The first kappa shape index (κ1) is 30.2. The zero-order valence-corrected chi connectivity index (χ0v) is 23.0. The fourth-order valence-corrected chi connectivity index (χ4v) is 4.18. The summed E-state index contributed by atoms with van der Waals surface area (Å²) < 4.78 is 22.5. The van der Waals surface area contributed by atoms with Crippen LogP contribution in [0.15, 0.2) is 36.0 Å². The van der Waals surface area contributed by atoms with Crippen molar-refractivity contribution in [2.24, 2.45) is 5.92 Å². The number of hydrogen-bond acceptors (Lipinski definition) is 7. The van der Waals surface area contributed by atoms with Gasteiger partial charge in [-0.2, -0.15) is 0 Å². The maximum Gasteiger partial charge on any atom is 0.303 e. The molecule has 2 fully saturated rings. The zero-order valence-electron chi connectivity index (χ0n) is 23.0. The molecule has 0 aromatic heterocycles. The third-order valence-electron chi connectivity index (χ3n) is 6.20. The van der Waals surface area contributed by atoms with Gasteiger partial charge in [-0.05, 0) is 66.4 Å². The monoisotopic (exact) mass is 507 g/mol. The highest BCUT2D eigenvalue weighted by molar-refractivity contribution is 5.87. The van der Waals surface area contributed by atoms with Crippen molar-refractivity contribution in [3.05, 3.63) is 36.0 Å². The Balaban J connectivity index is 1.88. The van der Waals surface area contributed by atoms with Gasteiger partial charge in [-0.25, -0.2) is 0 Å². The topological polar surface area (TPSA) is 107 Å². The predicted octanol–water partition coefficient (Wildman–Crippen LogP) is 3.63. The highest BCUT2D eigenvalue weighted by atomic mass is 16.6. The molecular formula is C28H45NO7. The van der Waals surface area contributed by atoms with Crippen LogP contribution in [0.3, 0.4) is 0 Å². The molecule has 0 aliphatic carbocycles. The molecular weight excluding hydrogens is 462 g/mol. The Morgan fingerprint density at radius 1 is 1.17 bits per heavy atom. The van der Waals surface area contributed by atoms with Crippen LogP contribution in [0.2, 0.25) is 0 Å². The lowest BCUT2D eigenvalue weighted by molar-refractivity contribution is -0.143. The van der Waals surface area contributed by atoms with E-state index in [-0.39, 0.29) is 47.7 Å². The molecule has 0 aromatic carbocycles. The molecule has 2 aliphatic rings. The second-order valence-corrected chi connectivity index (χ2v) is 11.0. The van der Waals surface area contributed by atoms with Crippen molar-refractivity contribution in [3.8, 4) is 0 Å². The van der Waals surface area contributed by atoms with Crippen LogP contribution in [0.5, 0.6) is 0 Å². The molecule has 8 atom stereocenters. The van der Waals surface area contributed by atoms with E-state index in [4.69, 9.17) is 18.9 Å². The number of ether oxygens (including phenoxy) is 4. The summed E-state index contributed by atoms with van der Waals surface area (Å²) in [6, 6.07) is -0.0937. The van der Waals surface area contributed by atoms with Crippen molar-refractivity contribution in [2.75, 3.05) is 6.61 Å². The Kier molecular flexibility index (Phi) is 11.3. The van der Waals surface area contributed by atoms with Gasteiger partial charge < -0.3 is 29.4 Å². The summed E-state index contributed by atoms with van der Waals surface area (Å²) in [7, 11) is 0. The van der Waals surface area contributed by atoms with E-state index in [0.717, 1.165) is 18.4 Å². The van der Waals surface area contributed by atoms with E-state index in [1.165, 1.54) is 13.0 Å². The van der Waals surface area contributed by atoms with Gasteiger partial charge in [-0.1, -0.05) is 30.7 Å². The minimum absolute atomic E-state index is 0.0445. The molecule has 1 amide bonds. The van der Waals surface area contributed by atoms with Crippen LogP contribution in [-0.2, 0) is 28.5 Å². The van der Waals surface area contributed by atoms with E-state index < -0.39 is 18.3 Å². The van der Waals surface area contributed by atoms with Crippen LogP contribution in [0.25, 0.3) is 0 Å². The molecule has 2 N–H and O–H groups in total. The van der Waals surface area contributed by atoms with Crippen molar-refractivity contribution in [2.45, 2.75) is 116 Å². The quantitative estimate of drug-likeness (QED) is 0.190. The minimum atomic E-state index is -0.692. The number of rotatable bonds is 11. The molecule has 2 aliphatic heterocycles. The van der Waals surface area contributed by atoms with Crippen LogP contribution in [0.1, 0.15) is 68.2 Å². The largest absolute Gasteiger partial charge is 0.459 e. The lowest BCUT2D eigenvalue weighted by atomic mass is 9.88. The number of carbonyl (C=O) groups is 2. The van der Waals surface area contributed by atoms with Gasteiger partial charge in [-0.3, -0.25) is 9.59 Å². The molecule has 2 heterocycles. The van der Waals surface area contributed by atoms with Crippen molar-refractivity contribution in [1.82, 2.24) is 5.32 Å². The standard InChI is InChI=1S/C28H45NO7/c1-17(10-13-24(36-28(6,7)8)27(32)25-16-33-25)9-12-23-18(2)15-22(20(4)35-23)29-26(31)14-11-19(3)34-21(5)30/h9-11,13-14,18-20,22-25,27,32H,12,15-16H2,1-8H3,(H,29,31). The highest BCUT2D eigenvalue weighted by Gasteiger charge is 2.38. The number of aliphatic hydroxyl groups is 1. The Labute approximate surface area is 216 Å². The van der Waals surface area contributed by atoms with E-state index in [9.17, 15) is 14.7 Å². The van der Waals surface area contributed by atoms with Gasteiger partial charge in [0.2, 0.25) is 5.91 Å². The molecule has 8 nitrogen and oxygen atoms in total. The predicted molar refractivity (Wildman–Crippen MR) is 138 cm³/mol. The SMILES string of the molecule is CC(=O)OC(C)C=CC(=O)NC1CC(C)C(CC=C(C)C=CC(OC(C)(C)C)C(O)C2CO2)OC1C. The second-order valence-electron chi connectivity index (χ2n) is 11.0. The lowest BCUT2D eigenvalue weighted by Crippen LogP contribution is -2.50. The molecule has 8 unspecified atom stereocenters. The first-order valence-corrected chi connectivity index (χ1v) is 12.9. The number of epoxide rings is 1. The minimum Gasteiger partial charge on any atom is -0.459 e. The van der Waals surface area contributed by atoms with Gasteiger partial charge in [0.15, 0.2) is 0 Å². The molecule has 8 heteroatoms. The first-order chi connectivity index (χ1) is 16.7. The van der Waals surface area contributed by atoms with Crippen LogP contribution in [0, 0.1) is 5.92 Å². The number of allylic oxidation sites excluding steroid dienone is 2. The third-order valence-corrected chi connectivity index (χ3v) is 6.20. The summed E-state index contributed by atoms with van der Waals surface area (Å²) in [6.07, 6.45) is 8.70. The Morgan fingerprint density at radius 3 is 2.42 bits per heavy atom. The summed E-state index contributed by atoms with van der Waals surface area (Å²) in [5.74, 6) is -0.355. The van der Waals surface area contributed by atoms with Gasteiger partial charge in [0, 0.05) is 13.0 Å². The zero-order chi connectivity index (χ0) is 27.0. The van der Waals surface area contributed by atoms with Gasteiger partial charge in [-0.15, -0.1) is 0 Å². The summed E-state index contributed by atoms with van der Waals surface area (Å²) in [5, 5.41) is 13.5. The molecule has 0 radical (unpaired) electrons.